The normalized spacial score (nSPS) is 34.2. The Hall–Kier alpha value is -1.84. The van der Waals surface area contributed by atoms with Gasteiger partial charge in [0.05, 0.1) is 0 Å². The van der Waals surface area contributed by atoms with Crippen molar-refractivity contribution in [3.8, 4) is 11.5 Å². The molecule has 160 valence electrons. The molecule has 0 aromatic heterocycles. The van der Waals surface area contributed by atoms with Gasteiger partial charge >= 0.3 is 11.9 Å². The van der Waals surface area contributed by atoms with Crippen LogP contribution in [0.5, 0.6) is 11.5 Å². The molecule has 0 heterocycles. The lowest BCUT2D eigenvalue weighted by Crippen LogP contribution is -2.53. The molecule has 2 aliphatic carbocycles. The summed E-state index contributed by atoms with van der Waals surface area (Å²) in [5, 5.41) is 0. The van der Waals surface area contributed by atoms with Gasteiger partial charge in [0, 0.05) is 13.8 Å². The highest BCUT2D eigenvalue weighted by atomic mass is 16.5. The molecule has 1 aromatic rings. The second-order valence-corrected chi connectivity index (χ2v) is 9.97. The van der Waals surface area contributed by atoms with Crippen LogP contribution in [0.4, 0.5) is 0 Å². The van der Waals surface area contributed by atoms with Gasteiger partial charge in [0.15, 0.2) is 0 Å². The van der Waals surface area contributed by atoms with E-state index < -0.39 is 0 Å². The fourth-order valence-corrected chi connectivity index (χ4v) is 6.22. The minimum Gasteiger partial charge on any atom is -0.427 e. The molecule has 3 rings (SSSR count). The molecule has 1 aromatic carbocycles. The second kappa shape index (κ2) is 8.12. The Morgan fingerprint density at radius 3 is 2.34 bits per heavy atom. The quantitative estimate of drug-likeness (QED) is 0.462. The maximum atomic E-state index is 11.7. The third kappa shape index (κ3) is 4.22. The lowest BCUT2D eigenvalue weighted by atomic mass is 9.45. The molecule has 2 fully saturated rings. The molecule has 0 aliphatic heterocycles. The highest BCUT2D eigenvalue weighted by molar-refractivity contribution is 5.71. The van der Waals surface area contributed by atoms with Crippen molar-refractivity contribution >= 4 is 11.9 Å². The number of benzene rings is 1. The second-order valence-electron chi connectivity index (χ2n) is 9.97. The summed E-state index contributed by atoms with van der Waals surface area (Å²) in [4.78, 5) is 23.1. The fourth-order valence-electron chi connectivity index (χ4n) is 6.22. The van der Waals surface area contributed by atoms with Crippen LogP contribution in [0, 0.1) is 28.6 Å². The average Bonchev–Trinajstić information content (AvgIpc) is 2.62. The zero-order valence-electron chi connectivity index (χ0n) is 18.8. The first-order chi connectivity index (χ1) is 13.6. The topological polar surface area (TPSA) is 52.6 Å². The van der Waals surface area contributed by atoms with Crippen LogP contribution in [0.3, 0.4) is 0 Å². The smallest absolute Gasteiger partial charge is 0.308 e. The number of hydrogen-bond acceptors (Lipinski definition) is 4. The van der Waals surface area contributed by atoms with Gasteiger partial charge < -0.3 is 9.47 Å². The van der Waals surface area contributed by atoms with E-state index in [2.05, 4.69) is 27.7 Å². The summed E-state index contributed by atoms with van der Waals surface area (Å²) in [5.41, 5.74) is 1.41. The molecular formula is C25H36O4. The summed E-state index contributed by atoms with van der Waals surface area (Å²) in [6, 6.07) is 5.34. The van der Waals surface area contributed by atoms with Gasteiger partial charge in [-0.15, -0.1) is 0 Å². The Balaban J connectivity index is 2.00. The molecule has 4 heteroatoms. The van der Waals surface area contributed by atoms with Gasteiger partial charge in [0.25, 0.3) is 0 Å². The maximum absolute atomic E-state index is 11.7. The number of ether oxygens (including phenoxy) is 2. The first-order valence-corrected chi connectivity index (χ1v) is 11.1. The Morgan fingerprint density at radius 2 is 1.69 bits per heavy atom. The minimum absolute atomic E-state index is 0.103. The minimum atomic E-state index is -0.345. The third-order valence-electron chi connectivity index (χ3n) is 8.21. The lowest BCUT2D eigenvalue weighted by Gasteiger charge is -2.60. The molecule has 2 saturated carbocycles. The largest absolute Gasteiger partial charge is 0.427 e. The van der Waals surface area contributed by atoms with Gasteiger partial charge in [-0.1, -0.05) is 40.5 Å². The number of fused-ring (bicyclic) bond motifs is 1. The fraction of sp³-hybridized carbons (Fsp3) is 0.680. The first-order valence-electron chi connectivity index (χ1n) is 11.1. The van der Waals surface area contributed by atoms with Gasteiger partial charge in [-0.05, 0) is 78.0 Å². The zero-order valence-corrected chi connectivity index (χ0v) is 18.8. The van der Waals surface area contributed by atoms with Crippen LogP contribution in [0.1, 0.15) is 79.2 Å². The van der Waals surface area contributed by atoms with Crippen LogP contribution in [-0.2, 0) is 16.0 Å². The van der Waals surface area contributed by atoms with E-state index in [0.717, 1.165) is 17.9 Å². The first kappa shape index (κ1) is 21.9. The predicted molar refractivity (Wildman–Crippen MR) is 114 cm³/mol. The van der Waals surface area contributed by atoms with E-state index >= 15 is 0 Å². The van der Waals surface area contributed by atoms with E-state index in [1.807, 2.05) is 6.07 Å². The average molecular weight is 401 g/mol. The number of hydrogen-bond donors (Lipinski definition) is 0. The highest BCUT2D eigenvalue weighted by Gasteiger charge is 2.55. The van der Waals surface area contributed by atoms with Crippen molar-refractivity contribution in [3.05, 3.63) is 23.8 Å². The summed E-state index contributed by atoms with van der Waals surface area (Å²) >= 11 is 0. The number of carbonyl (C=O) groups is 2. The Bertz CT molecular complexity index is 785. The third-order valence-corrected chi connectivity index (χ3v) is 8.21. The molecule has 0 spiro atoms. The molecule has 5 atom stereocenters. The molecule has 0 amide bonds. The van der Waals surface area contributed by atoms with Gasteiger partial charge in [-0.25, -0.2) is 0 Å². The Kier molecular flexibility index (Phi) is 6.12. The van der Waals surface area contributed by atoms with Crippen molar-refractivity contribution in [3.63, 3.8) is 0 Å². The maximum Gasteiger partial charge on any atom is 0.308 e. The summed E-state index contributed by atoms with van der Waals surface area (Å²) < 4.78 is 10.9. The van der Waals surface area contributed by atoms with E-state index in [1.54, 1.807) is 12.1 Å². The monoisotopic (exact) mass is 400 g/mol. The lowest BCUT2D eigenvalue weighted by molar-refractivity contribution is -0.133. The molecule has 29 heavy (non-hydrogen) atoms. The van der Waals surface area contributed by atoms with Gasteiger partial charge in [-0.2, -0.15) is 0 Å². The SMILES string of the molecule is CC(=O)Oc1ccc(OC(C)=O)c(C[C@@]2(C)[C@H]3CCC[C@H](C)[C@@]3(C)CC[C@H]2C)c1. The van der Waals surface area contributed by atoms with Gasteiger partial charge in [0.1, 0.15) is 11.5 Å². The summed E-state index contributed by atoms with van der Waals surface area (Å²) in [5.74, 6) is 2.35. The standard InChI is InChI=1S/C25H36O4/c1-16-8-7-9-23-24(16,5)13-12-17(2)25(23,6)15-20-14-21(28-18(3)26)10-11-22(20)29-19(4)27/h10-11,14,16-17,23H,7-9,12-13,15H2,1-6H3/t16-,17+,23-,24+,25+/m0/s1. The van der Waals surface area contributed by atoms with Gasteiger partial charge in [-0.3, -0.25) is 9.59 Å². The van der Waals surface area contributed by atoms with E-state index in [4.69, 9.17) is 9.47 Å². The molecule has 0 radical (unpaired) electrons. The van der Waals surface area contributed by atoms with Crippen molar-refractivity contribution in [1.29, 1.82) is 0 Å². The predicted octanol–water partition coefficient (Wildman–Crippen LogP) is 5.96. The van der Waals surface area contributed by atoms with E-state index in [-0.39, 0.29) is 17.4 Å². The molecule has 2 aliphatic rings. The highest BCUT2D eigenvalue weighted by Crippen LogP contribution is 2.62. The number of carbonyl (C=O) groups excluding carboxylic acids is 2. The van der Waals surface area contributed by atoms with Crippen LogP contribution in [0.2, 0.25) is 0 Å². The summed E-state index contributed by atoms with van der Waals surface area (Å²) in [7, 11) is 0. The molecule has 4 nitrogen and oxygen atoms in total. The van der Waals surface area contributed by atoms with Crippen LogP contribution >= 0.6 is 0 Å². The molecule has 0 N–H and O–H groups in total. The Morgan fingerprint density at radius 1 is 1.00 bits per heavy atom. The number of rotatable bonds is 4. The van der Waals surface area contributed by atoms with E-state index in [1.165, 1.54) is 46.0 Å². The summed E-state index contributed by atoms with van der Waals surface area (Å²) in [6.45, 7) is 12.5. The van der Waals surface area contributed by atoms with Crippen molar-refractivity contribution in [1.82, 2.24) is 0 Å². The van der Waals surface area contributed by atoms with Crippen molar-refractivity contribution in [2.45, 2.75) is 80.1 Å². The van der Waals surface area contributed by atoms with Crippen molar-refractivity contribution in [2.24, 2.45) is 28.6 Å². The van der Waals surface area contributed by atoms with E-state index in [9.17, 15) is 9.59 Å². The molecular weight excluding hydrogens is 364 g/mol. The molecule has 0 bridgehead atoms. The molecule has 0 saturated heterocycles. The molecule has 0 unspecified atom stereocenters. The van der Waals surface area contributed by atoms with Crippen molar-refractivity contribution < 1.29 is 19.1 Å². The summed E-state index contributed by atoms with van der Waals surface area (Å²) in [6.07, 6.45) is 7.19. The number of esters is 2. The van der Waals surface area contributed by atoms with Crippen LogP contribution < -0.4 is 9.47 Å². The van der Waals surface area contributed by atoms with Gasteiger partial charge in [0.2, 0.25) is 0 Å². The van der Waals surface area contributed by atoms with Crippen LogP contribution in [-0.4, -0.2) is 11.9 Å². The zero-order chi connectivity index (χ0) is 21.4. The van der Waals surface area contributed by atoms with Crippen LogP contribution in [0.25, 0.3) is 0 Å². The van der Waals surface area contributed by atoms with E-state index in [0.29, 0.717) is 28.7 Å². The van der Waals surface area contributed by atoms with Crippen LogP contribution in [0.15, 0.2) is 18.2 Å². The van der Waals surface area contributed by atoms with Crippen molar-refractivity contribution in [2.75, 3.05) is 0 Å². The Labute approximate surface area is 175 Å².